The molecule has 0 radical (unpaired) electrons. The van der Waals surface area contributed by atoms with Crippen LogP contribution in [0.1, 0.15) is 18.4 Å². The standard InChI is InChI=1S/C15H15NO6S/c1-3-20-14(17)15(7-16)12(13(15)23(2,18)19)9-4-5-10-11(6-9)22-8-21-10/h4-6,12-13H,3,8H2,1-2H3/t12-,13-,15-/m0/s1. The lowest BCUT2D eigenvalue weighted by Crippen LogP contribution is -2.24. The van der Waals surface area contributed by atoms with E-state index in [4.69, 9.17) is 14.2 Å². The Labute approximate surface area is 133 Å². The molecule has 7 nitrogen and oxygen atoms in total. The molecule has 0 aromatic heterocycles. The summed E-state index contributed by atoms with van der Waals surface area (Å²) < 4.78 is 39.6. The van der Waals surface area contributed by atoms with Crippen LogP contribution in [0.2, 0.25) is 0 Å². The van der Waals surface area contributed by atoms with Gasteiger partial charge in [0.15, 0.2) is 26.8 Å². The molecule has 0 unspecified atom stereocenters. The van der Waals surface area contributed by atoms with E-state index in [1.54, 1.807) is 25.1 Å². The van der Waals surface area contributed by atoms with E-state index in [0.29, 0.717) is 17.1 Å². The highest BCUT2D eigenvalue weighted by molar-refractivity contribution is 7.91. The number of nitrogens with zero attached hydrogens (tertiary/aromatic N) is 1. The Morgan fingerprint density at radius 2 is 2.13 bits per heavy atom. The maximum absolute atomic E-state index is 12.3. The smallest absolute Gasteiger partial charge is 0.328 e. The maximum Gasteiger partial charge on any atom is 0.328 e. The largest absolute Gasteiger partial charge is 0.465 e. The molecule has 1 aromatic carbocycles. The second-order valence-corrected chi connectivity index (χ2v) is 7.71. The lowest BCUT2D eigenvalue weighted by molar-refractivity contribution is -0.147. The summed E-state index contributed by atoms with van der Waals surface area (Å²) in [5, 5.41) is 8.42. The molecule has 3 rings (SSSR count). The van der Waals surface area contributed by atoms with Gasteiger partial charge in [-0.05, 0) is 24.6 Å². The van der Waals surface area contributed by atoms with Gasteiger partial charge >= 0.3 is 5.97 Å². The fourth-order valence-electron chi connectivity index (χ4n) is 3.16. The second-order valence-electron chi connectivity index (χ2n) is 5.54. The van der Waals surface area contributed by atoms with Crippen molar-refractivity contribution < 1.29 is 27.4 Å². The summed E-state index contributed by atoms with van der Waals surface area (Å²) in [7, 11) is -3.62. The van der Waals surface area contributed by atoms with Gasteiger partial charge in [-0.2, -0.15) is 5.26 Å². The van der Waals surface area contributed by atoms with Gasteiger partial charge in [0.05, 0.1) is 12.7 Å². The first-order valence-corrected chi connectivity index (χ1v) is 8.98. The third-order valence-corrected chi connectivity index (χ3v) is 5.71. The number of nitriles is 1. The van der Waals surface area contributed by atoms with Gasteiger partial charge in [0.1, 0.15) is 5.25 Å². The molecular formula is C15H15NO6S. The van der Waals surface area contributed by atoms with Crippen LogP contribution in [-0.4, -0.2) is 39.3 Å². The summed E-state index contributed by atoms with van der Waals surface area (Å²) >= 11 is 0. The quantitative estimate of drug-likeness (QED) is 0.755. The minimum Gasteiger partial charge on any atom is -0.465 e. The van der Waals surface area contributed by atoms with E-state index in [1.165, 1.54) is 0 Å². The van der Waals surface area contributed by atoms with E-state index in [2.05, 4.69) is 0 Å². The topological polar surface area (TPSA) is 103 Å². The van der Waals surface area contributed by atoms with Gasteiger partial charge < -0.3 is 14.2 Å². The molecule has 1 heterocycles. The lowest BCUT2D eigenvalue weighted by Gasteiger charge is -2.08. The Morgan fingerprint density at radius 3 is 2.74 bits per heavy atom. The van der Waals surface area contributed by atoms with Gasteiger partial charge in [-0.3, -0.25) is 4.79 Å². The van der Waals surface area contributed by atoms with Crippen LogP contribution in [0.5, 0.6) is 11.5 Å². The van der Waals surface area contributed by atoms with Crippen molar-refractivity contribution in [2.24, 2.45) is 5.41 Å². The van der Waals surface area contributed by atoms with Gasteiger partial charge in [-0.15, -0.1) is 0 Å². The van der Waals surface area contributed by atoms with Crippen molar-refractivity contribution in [1.82, 2.24) is 0 Å². The van der Waals surface area contributed by atoms with Crippen LogP contribution >= 0.6 is 0 Å². The predicted octanol–water partition coefficient (Wildman–Crippen LogP) is 0.999. The van der Waals surface area contributed by atoms with Crippen LogP contribution in [-0.2, 0) is 19.4 Å². The van der Waals surface area contributed by atoms with Gasteiger partial charge in [0.25, 0.3) is 0 Å². The van der Waals surface area contributed by atoms with Gasteiger partial charge in [-0.1, -0.05) is 6.07 Å². The number of hydrogen-bond donors (Lipinski definition) is 0. The molecule has 0 bridgehead atoms. The number of rotatable bonds is 4. The van der Waals surface area contributed by atoms with Gasteiger partial charge in [0.2, 0.25) is 6.79 Å². The van der Waals surface area contributed by atoms with Crippen molar-refractivity contribution in [1.29, 1.82) is 5.26 Å². The Bertz CT molecular complexity index is 812. The molecule has 0 saturated heterocycles. The number of carbonyl (C=O) groups excluding carboxylic acids is 1. The van der Waals surface area contributed by atoms with Crippen molar-refractivity contribution in [2.75, 3.05) is 19.7 Å². The number of benzene rings is 1. The highest BCUT2D eigenvalue weighted by Crippen LogP contribution is 2.63. The van der Waals surface area contributed by atoms with E-state index in [9.17, 15) is 18.5 Å². The number of sulfone groups is 1. The van der Waals surface area contributed by atoms with Crippen molar-refractivity contribution in [3.8, 4) is 17.6 Å². The van der Waals surface area contributed by atoms with Crippen LogP contribution in [0.15, 0.2) is 18.2 Å². The number of ether oxygens (including phenoxy) is 3. The average molecular weight is 337 g/mol. The fraction of sp³-hybridized carbons (Fsp3) is 0.467. The van der Waals surface area contributed by atoms with E-state index >= 15 is 0 Å². The first-order valence-electron chi connectivity index (χ1n) is 7.03. The van der Waals surface area contributed by atoms with E-state index in [-0.39, 0.29) is 13.4 Å². The molecule has 3 atom stereocenters. The number of carbonyl (C=O) groups is 1. The predicted molar refractivity (Wildman–Crippen MR) is 78.6 cm³/mol. The van der Waals surface area contributed by atoms with E-state index in [0.717, 1.165) is 6.26 Å². The molecular weight excluding hydrogens is 322 g/mol. The summed E-state index contributed by atoms with van der Waals surface area (Å²) in [4.78, 5) is 12.3. The fourth-order valence-corrected chi connectivity index (χ4v) is 4.92. The number of fused-ring (bicyclic) bond motifs is 1. The van der Waals surface area contributed by atoms with Crippen LogP contribution < -0.4 is 9.47 Å². The molecule has 0 spiro atoms. The SMILES string of the molecule is CCOC(=O)[C@@]1(C#N)[C@@H](c2ccc3c(c2)OCO3)[C@@H]1S(C)(=O)=O. The molecule has 1 aromatic rings. The minimum absolute atomic E-state index is 0.0760. The Morgan fingerprint density at radius 1 is 1.43 bits per heavy atom. The van der Waals surface area contributed by atoms with Gasteiger partial charge in [-0.25, -0.2) is 8.42 Å². The molecule has 122 valence electrons. The maximum atomic E-state index is 12.3. The third kappa shape index (κ3) is 2.23. The molecule has 23 heavy (non-hydrogen) atoms. The summed E-state index contributed by atoms with van der Waals surface area (Å²) in [6.45, 7) is 1.77. The molecule has 1 saturated carbocycles. The van der Waals surface area contributed by atoms with E-state index in [1.807, 2.05) is 6.07 Å². The molecule has 0 amide bonds. The number of esters is 1. The Kier molecular flexibility index (Phi) is 3.48. The molecule has 1 aliphatic carbocycles. The minimum atomic E-state index is -3.62. The number of hydrogen-bond acceptors (Lipinski definition) is 7. The van der Waals surface area contributed by atoms with Crippen LogP contribution in [0.4, 0.5) is 0 Å². The summed E-state index contributed by atoms with van der Waals surface area (Å²) in [6, 6.07) is 6.79. The third-order valence-electron chi connectivity index (χ3n) is 4.15. The molecule has 8 heteroatoms. The second kappa shape index (κ2) is 5.13. The first-order chi connectivity index (χ1) is 10.9. The van der Waals surface area contributed by atoms with Crippen molar-refractivity contribution >= 4 is 15.8 Å². The van der Waals surface area contributed by atoms with Crippen molar-refractivity contribution in [3.05, 3.63) is 23.8 Å². The highest BCUT2D eigenvalue weighted by Gasteiger charge is 2.76. The lowest BCUT2D eigenvalue weighted by atomic mass is 10.0. The molecule has 2 aliphatic rings. The van der Waals surface area contributed by atoms with Gasteiger partial charge in [0, 0.05) is 12.2 Å². The summed E-state index contributed by atoms with van der Waals surface area (Å²) in [5.41, 5.74) is -1.17. The zero-order valence-corrected chi connectivity index (χ0v) is 13.4. The zero-order valence-electron chi connectivity index (χ0n) is 12.6. The highest BCUT2D eigenvalue weighted by atomic mass is 32.2. The van der Waals surface area contributed by atoms with Crippen LogP contribution in [0.3, 0.4) is 0 Å². The Balaban J connectivity index is 2.06. The van der Waals surface area contributed by atoms with Crippen molar-refractivity contribution in [3.63, 3.8) is 0 Å². The zero-order chi connectivity index (χ0) is 16.8. The first kappa shape index (κ1) is 15.6. The van der Waals surface area contributed by atoms with Crippen LogP contribution in [0.25, 0.3) is 0 Å². The summed E-state index contributed by atoms with van der Waals surface area (Å²) in [6.07, 6.45) is 1.02. The monoisotopic (exact) mass is 337 g/mol. The molecule has 1 aliphatic heterocycles. The van der Waals surface area contributed by atoms with E-state index < -0.39 is 32.4 Å². The van der Waals surface area contributed by atoms with Crippen molar-refractivity contribution in [2.45, 2.75) is 18.1 Å². The molecule has 1 fully saturated rings. The normalized spacial score (nSPS) is 28.0. The van der Waals surface area contributed by atoms with Crippen LogP contribution in [0, 0.1) is 16.7 Å². The Hall–Kier alpha value is -2.27. The average Bonchev–Trinajstić information content (AvgIpc) is 3.00. The molecule has 0 N–H and O–H groups in total. The summed E-state index contributed by atoms with van der Waals surface area (Å²) in [5.74, 6) is -0.571.